The number of hydrogen-bond acceptors (Lipinski definition) is 1. The third-order valence-electron chi connectivity index (χ3n) is 2.91. The highest BCUT2D eigenvalue weighted by atomic mass is 35.5. The van der Waals surface area contributed by atoms with Crippen molar-refractivity contribution >= 4 is 11.6 Å². The summed E-state index contributed by atoms with van der Waals surface area (Å²) in [6.45, 7) is 4.59. The highest BCUT2D eigenvalue weighted by Crippen LogP contribution is 2.16. The second kappa shape index (κ2) is 4.88. The fourth-order valence-corrected chi connectivity index (χ4v) is 2.23. The molecule has 2 rings (SSSR count). The quantitative estimate of drug-likeness (QED) is 0.766. The van der Waals surface area contributed by atoms with Crippen LogP contribution in [0.1, 0.15) is 22.5 Å². The molecule has 0 aliphatic heterocycles. The van der Waals surface area contributed by atoms with E-state index < -0.39 is 0 Å². The second-order valence-corrected chi connectivity index (χ2v) is 4.33. The Morgan fingerprint density at radius 3 is 2.41 bits per heavy atom. The van der Waals surface area contributed by atoms with E-state index in [1.807, 2.05) is 18.5 Å². The monoisotopic (exact) mass is 252 g/mol. The average molecular weight is 253 g/mol. The average Bonchev–Trinajstić information content (AvgIpc) is 2.57. The van der Waals surface area contributed by atoms with Crippen LogP contribution in [-0.4, -0.2) is 9.78 Å². The molecule has 0 aliphatic carbocycles. The van der Waals surface area contributed by atoms with Gasteiger partial charge in [0.05, 0.1) is 18.1 Å². The third kappa shape index (κ3) is 2.50. The molecular formula is C13H14ClFN2. The number of benzene rings is 1. The zero-order valence-corrected chi connectivity index (χ0v) is 10.6. The van der Waals surface area contributed by atoms with Crippen LogP contribution >= 0.6 is 11.6 Å². The molecule has 0 unspecified atom stereocenters. The van der Waals surface area contributed by atoms with Gasteiger partial charge >= 0.3 is 0 Å². The van der Waals surface area contributed by atoms with E-state index in [2.05, 4.69) is 5.10 Å². The van der Waals surface area contributed by atoms with Crippen molar-refractivity contribution in [2.24, 2.45) is 0 Å². The second-order valence-electron chi connectivity index (χ2n) is 4.07. The molecule has 0 radical (unpaired) electrons. The lowest BCUT2D eigenvalue weighted by Crippen LogP contribution is -2.04. The standard InChI is InChI=1S/C13H14ClFN2/c1-9-13(7-14)10(2)17(16-9)8-11-3-5-12(15)6-4-11/h3-6H,7-8H2,1-2H3. The van der Waals surface area contributed by atoms with E-state index in [1.54, 1.807) is 12.1 Å². The lowest BCUT2D eigenvalue weighted by atomic mass is 10.2. The van der Waals surface area contributed by atoms with Crippen LogP contribution < -0.4 is 0 Å². The summed E-state index contributed by atoms with van der Waals surface area (Å²) in [5.41, 5.74) is 4.13. The summed E-state index contributed by atoms with van der Waals surface area (Å²) >= 11 is 5.87. The van der Waals surface area contributed by atoms with Crippen molar-refractivity contribution in [3.8, 4) is 0 Å². The molecule has 0 atom stereocenters. The predicted octanol–water partition coefficient (Wildman–Crippen LogP) is 3.43. The Morgan fingerprint density at radius 2 is 1.88 bits per heavy atom. The Hall–Kier alpha value is -1.35. The number of alkyl halides is 1. The normalized spacial score (nSPS) is 10.8. The van der Waals surface area contributed by atoms with Gasteiger partial charge in [-0.05, 0) is 31.5 Å². The van der Waals surface area contributed by atoms with Crippen molar-refractivity contribution in [2.45, 2.75) is 26.3 Å². The smallest absolute Gasteiger partial charge is 0.123 e. The molecule has 0 spiro atoms. The first-order chi connectivity index (χ1) is 8.11. The molecule has 0 aliphatic rings. The van der Waals surface area contributed by atoms with Crippen LogP contribution in [0.2, 0.25) is 0 Å². The molecule has 0 amide bonds. The van der Waals surface area contributed by atoms with Gasteiger partial charge in [0, 0.05) is 11.3 Å². The molecular weight excluding hydrogens is 239 g/mol. The van der Waals surface area contributed by atoms with Gasteiger partial charge in [0.1, 0.15) is 5.82 Å². The summed E-state index contributed by atoms with van der Waals surface area (Å²) in [5, 5.41) is 4.44. The maximum Gasteiger partial charge on any atom is 0.123 e. The van der Waals surface area contributed by atoms with Gasteiger partial charge in [0.2, 0.25) is 0 Å². The number of hydrogen-bond donors (Lipinski definition) is 0. The molecule has 0 saturated carbocycles. The van der Waals surface area contributed by atoms with Gasteiger partial charge in [-0.25, -0.2) is 4.39 Å². The molecule has 4 heteroatoms. The molecule has 0 saturated heterocycles. The molecule has 1 aromatic heterocycles. The molecule has 2 nitrogen and oxygen atoms in total. The van der Waals surface area contributed by atoms with Crippen molar-refractivity contribution < 1.29 is 4.39 Å². The molecule has 0 bridgehead atoms. The highest BCUT2D eigenvalue weighted by Gasteiger charge is 2.10. The minimum absolute atomic E-state index is 0.219. The largest absolute Gasteiger partial charge is 0.265 e. The van der Waals surface area contributed by atoms with Crippen LogP contribution in [0, 0.1) is 19.7 Å². The van der Waals surface area contributed by atoms with Gasteiger partial charge < -0.3 is 0 Å². The minimum atomic E-state index is -0.219. The van der Waals surface area contributed by atoms with E-state index in [9.17, 15) is 4.39 Å². The van der Waals surface area contributed by atoms with Gasteiger partial charge in [-0.15, -0.1) is 11.6 Å². The van der Waals surface area contributed by atoms with Crippen LogP contribution in [0.3, 0.4) is 0 Å². The van der Waals surface area contributed by atoms with E-state index in [0.717, 1.165) is 22.5 Å². The number of halogens is 2. The zero-order valence-electron chi connectivity index (χ0n) is 9.87. The maximum atomic E-state index is 12.8. The van der Waals surface area contributed by atoms with Crippen molar-refractivity contribution in [1.29, 1.82) is 0 Å². The third-order valence-corrected chi connectivity index (χ3v) is 3.18. The summed E-state index contributed by atoms with van der Waals surface area (Å²) in [6.07, 6.45) is 0. The summed E-state index contributed by atoms with van der Waals surface area (Å²) in [4.78, 5) is 0. The number of nitrogens with zero attached hydrogens (tertiary/aromatic N) is 2. The lowest BCUT2D eigenvalue weighted by molar-refractivity contribution is 0.622. The molecule has 2 aromatic rings. The van der Waals surface area contributed by atoms with E-state index >= 15 is 0 Å². The van der Waals surface area contributed by atoms with Gasteiger partial charge in [0.15, 0.2) is 0 Å². The lowest BCUT2D eigenvalue weighted by Gasteiger charge is -2.05. The van der Waals surface area contributed by atoms with E-state index in [4.69, 9.17) is 11.6 Å². The van der Waals surface area contributed by atoms with Gasteiger partial charge in [-0.1, -0.05) is 12.1 Å². The van der Waals surface area contributed by atoms with Gasteiger partial charge in [0.25, 0.3) is 0 Å². The van der Waals surface area contributed by atoms with Crippen molar-refractivity contribution in [3.05, 3.63) is 52.6 Å². The number of aryl methyl sites for hydroxylation is 1. The predicted molar refractivity (Wildman–Crippen MR) is 66.8 cm³/mol. The Kier molecular flexibility index (Phi) is 3.48. The fourth-order valence-electron chi connectivity index (χ4n) is 1.84. The Balaban J connectivity index is 2.27. The molecule has 17 heavy (non-hydrogen) atoms. The fraction of sp³-hybridized carbons (Fsp3) is 0.308. The Bertz CT molecular complexity index is 517. The SMILES string of the molecule is Cc1nn(Cc2ccc(F)cc2)c(C)c1CCl. The van der Waals surface area contributed by atoms with E-state index in [-0.39, 0.29) is 5.82 Å². The maximum absolute atomic E-state index is 12.8. The zero-order chi connectivity index (χ0) is 12.4. The van der Waals surface area contributed by atoms with Crippen LogP contribution in [0.15, 0.2) is 24.3 Å². The number of rotatable bonds is 3. The molecule has 1 aromatic carbocycles. The molecule has 1 heterocycles. The molecule has 0 fully saturated rings. The van der Waals surface area contributed by atoms with Crippen molar-refractivity contribution in [1.82, 2.24) is 9.78 Å². The summed E-state index contributed by atoms with van der Waals surface area (Å²) in [6, 6.07) is 6.46. The minimum Gasteiger partial charge on any atom is -0.265 e. The van der Waals surface area contributed by atoms with E-state index in [1.165, 1.54) is 12.1 Å². The topological polar surface area (TPSA) is 17.8 Å². The van der Waals surface area contributed by atoms with Gasteiger partial charge in [-0.3, -0.25) is 4.68 Å². The van der Waals surface area contributed by atoms with Crippen LogP contribution in [-0.2, 0) is 12.4 Å². The van der Waals surface area contributed by atoms with Crippen molar-refractivity contribution in [3.63, 3.8) is 0 Å². The first-order valence-electron chi connectivity index (χ1n) is 5.45. The Labute approximate surface area is 105 Å². The highest BCUT2D eigenvalue weighted by molar-refractivity contribution is 6.17. The van der Waals surface area contributed by atoms with Crippen LogP contribution in [0.5, 0.6) is 0 Å². The van der Waals surface area contributed by atoms with Crippen LogP contribution in [0.25, 0.3) is 0 Å². The molecule has 90 valence electrons. The number of aromatic nitrogens is 2. The first kappa shape index (κ1) is 12.1. The Morgan fingerprint density at radius 1 is 1.24 bits per heavy atom. The van der Waals surface area contributed by atoms with Crippen molar-refractivity contribution in [2.75, 3.05) is 0 Å². The van der Waals surface area contributed by atoms with Gasteiger partial charge in [-0.2, -0.15) is 5.10 Å². The summed E-state index contributed by atoms with van der Waals surface area (Å²) in [7, 11) is 0. The van der Waals surface area contributed by atoms with Crippen LogP contribution in [0.4, 0.5) is 4.39 Å². The summed E-state index contributed by atoms with van der Waals surface area (Å²) < 4.78 is 14.7. The first-order valence-corrected chi connectivity index (χ1v) is 5.98. The van der Waals surface area contributed by atoms with E-state index in [0.29, 0.717) is 12.4 Å². The summed E-state index contributed by atoms with van der Waals surface area (Å²) in [5.74, 6) is 0.254. The molecule has 0 N–H and O–H groups in total.